The Labute approximate surface area is 146 Å². The van der Waals surface area contributed by atoms with Gasteiger partial charge in [0, 0.05) is 6.54 Å². The number of rotatable bonds is 7. The van der Waals surface area contributed by atoms with Gasteiger partial charge in [0.15, 0.2) is 6.61 Å². The normalized spacial score (nSPS) is 11.0. The summed E-state index contributed by atoms with van der Waals surface area (Å²) in [6.45, 7) is 1.75. The SMILES string of the molecule is CCN(c1ccc(OCC(=O)Nc2ccccc2F)cc1)S(C)(=O)=O. The van der Waals surface area contributed by atoms with Gasteiger partial charge in [-0.25, -0.2) is 12.8 Å². The first kappa shape index (κ1) is 18.7. The van der Waals surface area contributed by atoms with Gasteiger partial charge in [-0.3, -0.25) is 9.10 Å². The molecule has 1 amide bonds. The van der Waals surface area contributed by atoms with Gasteiger partial charge in [0.25, 0.3) is 5.91 Å². The topological polar surface area (TPSA) is 75.7 Å². The lowest BCUT2D eigenvalue weighted by Crippen LogP contribution is -2.29. The molecule has 0 radical (unpaired) electrons. The number of nitrogens with zero attached hydrogens (tertiary/aromatic N) is 1. The molecule has 8 heteroatoms. The summed E-state index contributed by atoms with van der Waals surface area (Å²) in [6, 6.07) is 12.2. The standard InChI is InChI=1S/C17H19FN2O4S/c1-3-20(25(2,22)23)13-8-10-14(11-9-13)24-12-17(21)19-16-7-5-4-6-15(16)18/h4-11H,3,12H2,1-2H3,(H,19,21). The van der Waals surface area contributed by atoms with Crippen molar-refractivity contribution in [2.75, 3.05) is 29.0 Å². The number of carbonyl (C=O) groups excluding carboxylic acids is 1. The average Bonchev–Trinajstić information content (AvgIpc) is 2.56. The zero-order valence-corrected chi connectivity index (χ0v) is 14.7. The van der Waals surface area contributed by atoms with Crippen molar-refractivity contribution >= 4 is 27.3 Å². The Bertz CT molecular complexity index is 838. The van der Waals surface area contributed by atoms with Crippen LogP contribution in [0.15, 0.2) is 48.5 Å². The average molecular weight is 366 g/mol. The van der Waals surface area contributed by atoms with Crippen LogP contribution >= 0.6 is 0 Å². The van der Waals surface area contributed by atoms with Crippen molar-refractivity contribution in [3.05, 3.63) is 54.3 Å². The van der Waals surface area contributed by atoms with Gasteiger partial charge >= 0.3 is 0 Å². The third-order valence-electron chi connectivity index (χ3n) is 3.33. The Morgan fingerprint density at radius 1 is 1.16 bits per heavy atom. The molecule has 0 bridgehead atoms. The summed E-state index contributed by atoms with van der Waals surface area (Å²) in [5.41, 5.74) is 0.589. The number of anilines is 2. The highest BCUT2D eigenvalue weighted by molar-refractivity contribution is 7.92. The number of carbonyl (C=O) groups is 1. The van der Waals surface area contributed by atoms with Crippen LogP contribution in [0.4, 0.5) is 15.8 Å². The van der Waals surface area contributed by atoms with Gasteiger partial charge in [-0.2, -0.15) is 0 Å². The molecule has 0 fully saturated rings. The maximum atomic E-state index is 13.5. The highest BCUT2D eigenvalue weighted by atomic mass is 32.2. The maximum absolute atomic E-state index is 13.5. The van der Waals surface area contributed by atoms with Gasteiger partial charge in [-0.15, -0.1) is 0 Å². The minimum absolute atomic E-state index is 0.0817. The van der Waals surface area contributed by atoms with E-state index in [1.165, 1.54) is 22.5 Å². The van der Waals surface area contributed by atoms with Crippen LogP contribution in [0.3, 0.4) is 0 Å². The van der Waals surface area contributed by atoms with E-state index in [0.29, 0.717) is 18.0 Å². The van der Waals surface area contributed by atoms with Crippen molar-refractivity contribution in [2.45, 2.75) is 6.92 Å². The number of benzene rings is 2. The van der Waals surface area contributed by atoms with Crippen LogP contribution in [-0.2, 0) is 14.8 Å². The molecule has 6 nitrogen and oxygen atoms in total. The molecule has 0 saturated carbocycles. The molecule has 2 rings (SSSR count). The number of hydrogen-bond donors (Lipinski definition) is 1. The Hall–Kier alpha value is -2.61. The van der Waals surface area contributed by atoms with Crippen LogP contribution in [0.5, 0.6) is 5.75 Å². The number of nitrogens with one attached hydrogen (secondary N) is 1. The van der Waals surface area contributed by atoms with E-state index in [1.54, 1.807) is 37.3 Å². The van der Waals surface area contributed by atoms with Crippen LogP contribution in [-0.4, -0.2) is 33.7 Å². The molecule has 1 N–H and O–H groups in total. The molecule has 0 unspecified atom stereocenters. The molecule has 134 valence electrons. The zero-order chi connectivity index (χ0) is 18.4. The first-order valence-electron chi connectivity index (χ1n) is 7.56. The summed E-state index contributed by atoms with van der Waals surface area (Å²) in [4.78, 5) is 11.8. The number of halogens is 1. The molecular weight excluding hydrogens is 347 g/mol. The highest BCUT2D eigenvalue weighted by Crippen LogP contribution is 2.21. The summed E-state index contributed by atoms with van der Waals surface area (Å²) in [5, 5.41) is 2.41. The van der Waals surface area contributed by atoms with E-state index in [2.05, 4.69) is 5.32 Å². The molecule has 0 aliphatic carbocycles. The molecule has 2 aromatic carbocycles. The monoisotopic (exact) mass is 366 g/mol. The van der Waals surface area contributed by atoms with E-state index in [0.717, 1.165) is 6.26 Å². The van der Waals surface area contributed by atoms with Crippen LogP contribution in [0.25, 0.3) is 0 Å². The molecule has 0 saturated heterocycles. The van der Waals surface area contributed by atoms with E-state index in [4.69, 9.17) is 4.74 Å². The number of para-hydroxylation sites is 1. The van der Waals surface area contributed by atoms with Crippen LogP contribution in [0.2, 0.25) is 0 Å². The molecule has 0 aromatic heterocycles. The zero-order valence-electron chi connectivity index (χ0n) is 13.9. The molecular formula is C17H19FN2O4S. The van der Waals surface area contributed by atoms with E-state index in [9.17, 15) is 17.6 Å². The van der Waals surface area contributed by atoms with Gasteiger partial charge in [-0.1, -0.05) is 12.1 Å². The predicted octanol–water partition coefficient (Wildman–Crippen LogP) is 2.63. The molecule has 2 aromatic rings. The highest BCUT2D eigenvalue weighted by Gasteiger charge is 2.15. The lowest BCUT2D eigenvalue weighted by molar-refractivity contribution is -0.118. The van der Waals surface area contributed by atoms with E-state index in [-0.39, 0.29) is 12.3 Å². The molecule has 0 aliphatic rings. The molecule has 25 heavy (non-hydrogen) atoms. The molecule has 0 atom stereocenters. The second kappa shape index (κ2) is 7.98. The smallest absolute Gasteiger partial charge is 0.262 e. The Morgan fingerprint density at radius 2 is 1.80 bits per heavy atom. The fourth-order valence-electron chi connectivity index (χ4n) is 2.21. The summed E-state index contributed by atoms with van der Waals surface area (Å²) in [7, 11) is -3.35. The number of ether oxygens (including phenoxy) is 1. The third-order valence-corrected chi connectivity index (χ3v) is 4.60. The van der Waals surface area contributed by atoms with Gasteiger partial charge in [0.1, 0.15) is 11.6 Å². The van der Waals surface area contributed by atoms with Gasteiger partial charge in [0.05, 0.1) is 17.6 Å². The number of sulfonamides is 1. The van der Waals surface area contributed by atoms with Crippen LogP contribution in [0, 0.1) is 5.82 Å². The van der Waals surface area contributed by atoms with E-state index in [1.807, 2.05) is 0 Å². The number of hydrogen-bond acceptors (Lipinski definition) is 4. The van der Waals surface area contributed by atoms with Crippen molar-refractivity contribution in [1.29, 1.82) is 0 Å². The summed E-state index contributed by atoms with van der Waals surface area (Å²) in [6.07, 6.45) is 1.13. The largest absolute Gasteiger partial charge is 0.484 e. The van der Waals surface area contributed by atoms with Gasteiger partial charge < -0.3 is 10.1 Å². The van der Waals surface area contributed by atoms with Crippen molar-refractivity contribution in [3.63, 3.8) is 0 Å². The van der Waals surface area contributed by atoms with Crippen LogP contribution in [0.1, 0.15) is 6.92 Å². The van der Waals surface area contributed by atoms with Crippen LogP contribution < -0.4 is 14.4 Å². The Balaban J connectivity index is 1.95. The molecule has 0 heterocycles. The third kappa shape index (κ3) is 5.18. The first-order valence-corrected chi connectivity index (χ1v) is 9.41. The molecule has 0 spiro atoms. The fraction of sp³-hybridized carbons (Fsp3) is 0.235. The lowest BCUT2D eigenvalue weighted by atomic mass is 10.3. The van der Waals surface area contributed by atoms with Crippen molar-refractivity contribution in [2.24, 2.45) is 0 Å². The second-order valence-electron chi connectivity index (χ2n) is 5.24. The predicted molar refractivity (Wildman–Crippen MR) is 94.8 cm³/mol. The molecule has 0 aliphatic heterocycles. The Kier molecular flexibility index (Phi) is 5.97. The summed E-state index contributed by atoms with van der Waals surface area (Å²) in [5.74, 6) is -0.627. The maximum Gasteiger partial charge on any atom is 0.262 e. The van der Waals surface area contributed by atoms with Crippen molar-refractivity contribution < 1.29 is 22.3 Å². The van der Waals surface area contributed by atoms with E-state index >= 15 is 0 Å². The minimum Gasteiger partial charge on any atom is -0.484 e. The van der Waals surface area contributed by atoms with Gasteiger partial charge in [0.2, 0.25) is 10.0 Å². The summed E-state index contributed by atoms with van der Waals surface area (Å²) >= 11 is 0. The first-order chi connectivity index (χ1) is 11.8. The summed E-state index contributed by atoms with van der Waals surface area (Å²) < 4.78 is 43.4. The quantitative estimate of drug-likeness (QED) is 0.817. The van der Waals surface area contributed by atoms with Crippen molar-refractivity contribution in [3.8, 4) is 5.75 Å². The lowest BCUT2D eigenvalue weighted by Gasteiger charge is -2.20. The second-order valence-corrected chi connectivity index (χ2v) is 7.15. The number of amides is 1. The minimum atomic E-state index is -3.35. The Morgan fingerprint density at radius 3 is 2.36 bits per heavy atom. The van der Waals surface area contributed by atoms with E-state index < -0.39 is 21.7 Å². The van der Waals surface area contributed by atoms with Crippen molar-refractivity contribution in [1.82, 2.24) is 0 Å². The fourth-order valence-corrected chi connectivity index (χ4v) is 3.19. The van der Waals surface area contributed by atoms with Gasteiger partial charge in [-0.05, 0) is 43.3 Å².